The van der Waals surface area contributed by atoms with Crippen molar-refractivity contribution in [2.45, 2.75) is 20.3 Å². The molecule has 1 heterocycles. The van der Waals surface area contributed by atoms with Gasteiger partial charge in [0.15, 0.2) is 0 Å². The Morgan fingerprint density at radius 2 is 1.90 bits per heavy atom. The molecule has 0 saturated carbocycles. The molecular weight excluding hydrogens is 262 g/mol. The number of hydrogen-bond donors (Lipinski definition) is 2. The number of nitrogens with zero attached hydrogens (tertiary/aromatic N) is 1. The van der Waals surface area contributed by atoms with Crippen LogP contribution in [0.4, 0.5) is 0 Å². The van der Waals surface area contributed by atoms with Gasteiger partial charge in [0.25, 0.3) is 0 Å². The molecule has 1 aromatic rings. The number of piperazine rings is 1. The van der Waals surface area contributed by atoms with E-state index in [2.05, 4.69) is 27.7 Å². The minimum absolute atomic E-state index is 0.140. The first-order valence-corrected chi connectivity index (χ1v) is 7.83. The molecule has 0 radical (unpaired) electrons. The summed E-state index contributed by atoms with van der Waals surface area (Å²) < 4.78 is 0. The Kier molecular flexibility index (Phi) is 5.76. The van der Waals surface area contributed by atoms with Crippen LogP contribution in [0.5, 0.6) is 0 Å². The van der Waals surface area contributed by atoms with Gasteiger partial charge in [0.1, 0.15) is 0 Å². The second-order valence-corrected chi connectivity index (χ2v) is 6.39. The van der Waals surface area contributed by atoms with Gasteiger partial charge in [0.05, 0.1) is 0 Å². The fraction of sp³-hybridized carbons (Fsp3) is 0.588. The van der Waals surface area contributed by atoms with E-state index in [0.29, 0.717) is 0 Å². The van der Waals surface area contributed by atoms with Gasteiger partial charge >= 0.3 is 0 Å². The van der Waals surface area contributed by atoms with Crippen molar-refractivity contribution in [2.24, 2.45) is 5.41 Å². The van der Waals surface area contributed by atoms with E-state index in [-0.39, 0.29) is 11.3 Å². The van der Waals surface area contributed by atoms with Crippen LogP contribution in [0.2, 0.25) is 0 Å². The summed E-state index contributed by atoms with van der Waals surface area (Å²) in [5, 5.41) is 6.43. The summed E-state index contributed by atoms with van der Waals surface area (Å²) in [5.41, 5.74) is 0.838. The van der Waals surface area contributed by atoms with Crippen molar-refractivity contribution >= 4 is 5.91 Å². The van der Waals surface area contributed by atoms with Gasteiger partial charge in [-0.15, -0.1) is 0 Å². The Balaban J connectivity index is 1.75. The molecular formula is C17H27N3O. The van der Waals surface area contributed by atoms with E-state index in [1.165, 1.54) is 5.56 Å². The molecule has 1 aromatic carbocycles. The van der Waals surface area contributed by atoms with Gasteiger partial charge < -0.3 is 10.6 Å². The maximum atomic E-state index is 12.4. The van der Waals surface area contributed by atoms with Crippen molar-refractivity contribution in [3.8, 4) is 0 Å². The highest BCUT2D eigenvalue weighted by atomic mass is 16.2. The summed E-state index contributed by atoms with van der Waals surface area (Å²) in [6.45, 7) is 9.94. The van der Waals surface area contributed by atoms with Gasteiger partial charge in [-0.05, 0) is 12.0 Å². The molecule has 116 valence electrons. The van der Waals surface area contributed by atoms with Crippen molar-refractivity contribution in [1.29, 1.82) is 0 Å². The summed E-state index contributed by atoms with van der Waals surface area (Å²) in [6.07, 6.45) is 0.771. The van der Waals surface area contributed by atoms with Crippen molar-refractivity contribution in [3.05, 3.63) is 35.9 Å². The summed E-state index contributed by atoms with van der Waals surface area (Å²) in [4.78, 5) is 14.8. The van der Waals surface area contributed by atoms with Crippen molar-refractivity contribution < 1.29 is 4.79 Å². The standard InChI is InChI=1S/C17H27N3O/c1-17(2,14-15-6-4-3-5-7-15)16(21)19-10-13-20-11-8-18-9-12-20/h3-7,18H,8-14H2,1-2H3,(H,19,21). The van der Waals surface area contributed by atoms with Crippen LogP contribution in [-0.4, -0.2) is 50.1 Å². The smallest absolute Gasteiger partial charge is 0.226 e. The molecule has 2 N–H and O–H groups in total. The molecule has 1 aliphatic heterocycles. The largest absolute Gasteiger partial charge is 0.354 e. The molecule has 4 heteroatoms. The van der Waals surface area contributed by atoms with E-state index >= 15 is 0 Å². The quantitative estimate of drug-likeness (QED) is 0.829. The van der Waals surface area contributed by atoms with Gasteiger partial charge in [-0.25, -0.2) is 0 Å². The molecule has 1 fully saturated rings. The lowest BCUT2D eigenvalue weighted by atomic mass is 9.85. The second kappa shape index (κ2) is 7.57. The third-order valence-corrected chi connectivity index (χ3v) is 4.03. The molecule has 0 aromatic heterocycles. The summed E-state index contributed by atoms with van der Waals surface area (Å²) in [5.74, 6) is 0.140. The van der Waals surface area contributed by atoms with E-state index < -0.39 is 0 Å². The number of carbonyl (C=O) groups is 1. The van der Waals surface area contributed by atoms with Crippen LogP contribution in [0.15, 0.2) is 30.3 Å². The third kappa shape index (κ3) is 5.14. The molecule has 0 bridgehead atoms. The van der Waals surface area contributed by atoms with E-state index in [1.54, 1.807) is 0 Å². The highest BCUT2D eigenvalue weighted by Gasteiger charge is 2.27. The summed E-state index contributed by atoms with van der Waals surface area (Å²) >= 11 is 0. The zero-order valence-electron chi connectivity index (χ0n) is 13.2. The van der Waals surface area contributed by atoms with E-state index in [9.17, 15) is 4.79 Å². The molecule has 1 aliphatic rings. The zero-order valence-corrected chi connectivity index (χ0v) is 13.2. The third-order valence-electron chi connectivity index (χ3n) is 4.03. The van der Waals surface area contributed by atoms with Crippen molar-refractivity contribution in [3.63, 3.8) is 0 Å². The molecule has 21 heavy (non-hydrogen) atoms. The van der Waals surface area contributed by atoms with Crippen molar-refractivity contribution in [1.82, 2.24) is 15.5 Å². The van der Waals surface area contributed by atoms with E-state index in [4.69, 9.17) is 0 Å². The number of hydrogen-bond acceptors (Lipinski definition) is 3. The molecule has 0 unspecified atom stereocenters. The number of benzene rings is 1. The lowest BCUT2D eigenvalue weighted by Gasteiger charge is -2.28. The number of rotatable bonds is 6. The molecule has 1 amide bonds. The molecule has 0 atom stereocenters. The predicted molar refractivity (Wildman–Crippen MR) is 86.2 cm³/mol. The normalized spacial score (nSPS) is 16.7. The SMILES string of the molecule is CC(C)(Cc1ccccc1)C(=O)NCCN1CCNCC1. The lowest BCUT2D eigenvalue weighted by molar-refractivity contribution is -0.129. The monoisotopic (exact) mass is 289 g/mol. The first kappa shape index (κ1) is 16.0. The van der Waals surface area contributed by atoms with Gasteiger partial charge in [-0.2, -0.15) is 0 Å². The average Bonchev–Trinajstić information content (AvgIpc) is 2.49. The molecule has 2 rings (SSSR count). The zero-order chi connectivity index (χ0) is 15.1. The molecule has 0 spiro atoms. The van der Waals surface area contributed by atoms with Crippen LogP contribution in [0.3, 0.4) is 0 Å². The fourth-order valence-electron chi connectivity index (χ4n) is 2.69. The van der Waals surface area contributed by atoms with Crippen LogP contribution in [0.25, 0.3) is 0 Å². The summed E-state index contributed by atoms with van der Waals surface area (Å²) in [6, 6.07) is 10.2. The molecule has 4 nitrogen and oxygen atoms in total. The van der Waals surface area contributed by atoms with Gasteiger partial charge in [0.2, 0.25) is 5.91 Å². The van der Waals surface area contributed by atoms with Gasteiger partial charge in [-0.3, -0.25) is 9.69 Å². The number of carbonyl (C=O) groups excluding carboxylic acids is 1. The highest BCUT2D eigenvalue weighted by molar-refractivity contribution is 5.82. The van der Waals surface area contributed by atoms with Crippen LogP contribution >= 0.6 is 0 Å². The highest BCUT2D eigenvalue weighted by Crippen LogP contribution is 2.21. The van der Waals surface area contributed by atoms with E-state index in [1.807, 2.05) is 32.0 Å². The number of amides is 1. The first-order valence-electron chi connectivity index (χ1n) is 7.83. The average molecular weight is 289 g/mol. The Labute approximate surface area is 127 Å². The second-order valence-electron chi connectivity index (χ2n) is 6.39. The summed E-state index contributed by atoms with van der Waals surface area (Å²) in [7, 11) is 0. The predicted octanol–water partition coefficient (Wildman–Crippen LogP) is 1.28. The Bertz CT molecular complexity index is 439. The lowest BCUT2D eigenvalue weighted by Crippen LogP contribution is -2.47. The van der Waals surface area contributed by atoms with Crippen LogP contribution in [0.1, 0.15) is 19.4 Å². The minimum atomic E-state index is -0.370. The Hall–Kier alpha value is -1.39. The maximum Gasteiger partial charge on any atom is 0.226 e. The Morgan fingerprint density at radius 3 is 2.57 bits per heavy atom. The fourth-order valence-corrected chi connectivity index (χ4v) is 2.69. The number of nitrogens with one attached hydrogen (secondary N) is 2. The van der Waals surface area contributed by atoms with Crippen LogP contribution < -0.4 is 10.6 Å². The minimum Gasteiger partial charge on any atom is -0.354 e. The maximum absolute atomic E-state index is 12.4. The van der Waals surface area contributed by atoms with Gasteiger partial charge in [0, 0.05) is 44.7 Å². The molecule has 0 aliphatic carbocycles. The first-order chi connectivity index (χ1) is 10.1. The topological polar surface area (TPSA) is 44.4 Å². The molecule has 1 saturated heterocycles. The van der Waals surface area contributed by atoms with E-state index in [0.717, 1.165) is 45.7 Å². The van der Waals surface area contributed by atoms with Crippen molar-refractivity contribution in [2.75, 3.05) is 39.3 Å². The van der Waals surface area contributed by atoms with Gasteiger partial charge in [-0.1, -0.05) is 44.2 Å². The Morgan fingerprint density at radius 1 is 1.24 bits per heavy atom. The van der Waals surface area contributed by atoms with Crippen LogP contribution in [0, 0.1) is 5.41 Å². The van der Waals surface area contributed by atoms with Crippen LogP contribution in [-0.2, 0) is 11.2 Å².